The Labute approximate surface area is 118 Å². The first-order chi connectivity index (χ1) is 9.33. The lowest BCUT2D eigenvalue weighted by Crippen LogP contribution is -2.41. The third-order valence-corrected chi connectivity index (χ3v) is 4.82. The van der Waals surface area contributed by atoms with E-state index < -0.39 is 0 Å². The average molecular weight is 269 g/mol. The molecule has 3 heteroatoms. The molecule has 2 aliphatic rings. The second-order valence-corrected chi connectivity index (χ2v) is 6.18. The zero-order valence-electron chi connectivity index (χ0n) is 12.7. The molecule has 0 bridgehead atoms. The van der Waals surface area contributed by atoms with Gasteiger partial charge in [0.15, 0.2) is 0 Å². The molecular weight excluding hydrogens is 238 g/mol. The van der Waals surface area contributed by atoms with Crippen LogP contribution in [0.4, 0.5) is 0 Å². The van der Waals surface area contributed by atoms with Crippen molar-refractivity contribution in [2.24, 2.45) is 11.8 Å². The second kappa shape index (κ2) is 8.23. The first-order valence-corrected chi connectivity index (χ1v) is 8.26. The molecular formula is C16H31NO2. The Bertz CT molecular complexity index is 241. The van der Waals surface area contributed by atoms with Gasteiger partial charge in [-0.15, -0.1) is 0 Å². The van der Waals surface area contributed by atoms with Gasteiger partial charge in [0, 0.05) is 18.6 Å². The third-order valence-electron chi connectivity index (χ3n) is 4.82. The summed E-state index contributed by atoms with van der Waals surface area (Å²) < 4.78 is 11.7. The fraction of sp³-hybridized carbons (Fsp3) is 1.00. The maximum absolute atomic E-state index is 6.22. The lowest BCUT2D eigenvalue weighted by Gasteiger charge is -2.31. The predicted molar refractivity (Wildman–Crippen MR) is 78.4 cm³/mol. The maximum atomic E-state index is 6.22. The Hall–Kier alpha value is -0.120. The number of rotatable bonds is 7. The lowest BCUT2D eigenvalue weighted by atomic mass is 9.85. The van der Waals surface area contributed by atoms with Crippen molar-refractivity contribution in [2.75, 3.05) is 26.4 Å². The highest BCUT2D eigenvalue weighted by Crippen LogP contribution is 2.29. The SMILES string of the molecule is CCNC(COC1CCCC(CC)C1)C1CCOC1. The van der Waals surface area contributed by atoms with Crippen LogP contribution >= 0.6 is 0 Å². The first kappa shape index (κ1) is 15.3. The highest BCUT2D eigenvalue weighted by molar-refractivity contribution is 4.80. The summed E-state index contributed by atoms with van der Waals surface area (Å²) in [6.07, 6.45) is 8.29. The van der Waals surface area contributed by atoms with E-state index >= 15 is 0 Å². The number of nitrogens with one attached hydrogen (secondary N) is 1. The summed E-state index contributed by atoms with van der Waals surface area (Å²) in [5.41, 5.74) is 0. The Morgan fingerprint density at radius 3 is 2.84 bits per heavy atom. The van der Waals surface area contributed by atoms with E-state index in [1.165, 1.54) is 38.5 Å². The van der Waals surface area contributed by atoms with Crippen molar-refractivity contribution in [1.29, 1.82) is 0 Å². The Kier molecular flexibility index (Phi) is 6.62. The number of ether oxygens (including phenoxy) is 2. The smallest absolute Gasteiger partial charge is 0.0626 e. The van der Waals surface area contributed by atoms with Gasteiger partial charge < -0.3 is 14.8 Å². The van der Waals surface area contributed by atoms with E-state index in [2.05, 4.69) is 19.2 Å². The standard InChI is InChI=1S/C16H31NO2/c1-3-13-6-5-7-15(10-13)19-12-16(17-4-2)14-8-9-18-11-14/h13-17H,3-12H2,1-2H3. The van der Waals surface area contributed by atoms with E-state index in [9.17, 15) is 0 Å². The Balaban J connectivity index is 1.74. The molecule has 0 aromatic rings. The van der Waals surface area contributed by atoms with Gasteiger partial charge in [-0.3, -0.25) is 0 Å². The van der Waals surface area contributed by atoms with E-state index in [4.69, 9.17) is 9.47 Å². The predicted octanol–water partition coefficient (Wildman–Crippen LogP) is 2.99. The van der Waals surface area contributed by atoms with Gasteiger partial charge in [0.25, 0.3) is 0 Å². The molecule has 2 fully saturated rings. The molecule has 4 unspecified atom stereocenters. The molecule has 1 aliphatic carbocycles. The topological polar surface area (TPSA) is 30.5 Å². The van der Waals surface area contributed by atoms with Gasteiger partial charge >= 0.3 is 0 Å². The zero-order valence-corrected chi connectivity index (χ0v) is 12.7. The fourth-order valence-electron chi connectivity index (χ4n) is 3.50. The number of likely N-dealkylation sites (N-methyl/N-ethyl adjacent to an activating group) is 1. The molecule has 19 heavy (non-hydrogen) atoms. The summed E-state index contributed by atoms with van der Waals surface area (Å²) >= 11 is 0. The Morgan fingerprint density at radius 2 is 2.16 bits per heavy atom. The molecule has 4 atom stereocenters. The first-order valence-electron chi connectivity index (χ1n) is 8.26. The quantitative estimate of drug-likeness (QED) is 0.771. The van der Waals surface area contributed by atoms with Gasteiger partial charge in [-0.05, 0) is 31.7 Å². The minimum Gasteiger partial charge on any atom is -0.381 e. The normalized spacial score (nSPS) is 33.5. The highest BCUT2D eigenvalue weighted by atomic mass is 16.5. The number of hydrogen-bond donors (Lipinski definition) is 1. The van der Waals surface area contributed by atoms with Crippen LogP contribution in [-0.4, -0.2) is 38.5 Å². The molecule has 1 saturated heterocycles. The molecule has 0 spiro atoms. The van der Waals surface area contributed by atoms with Crippen molar-refractivity contribution in [1.82, 2.24) is 5.32 Å². The fourth-order valence-corrected chi connectivity index (χ4v) is 3.50. The minimum atomic E-state index is 0.481. The summed E-state index contributed by atoms with van der Waals surface area (Å²) in [6, 6.07) is 0.481. The van der Waals surface area contributed by atoms with Crippen LogP contribution in [0.5, 0.6) is 0 Å². The van der Waals surface area contributed by atoms with Crippen molar-refractivity contribution >= 4 is 0 Å². The maximum Gasteiger partial charge on any atom is 0.0626 e. The van der Waals surface area contributed by atoms with Gasteiger partial charge in [0.1, 0.15) is 0 Å². The van der Waals surface area contributed by atoms with Crippen molar-refractivity contribution < 1.29 is 9.47 Å². The van der Waals surface area contributed by atoms with Crippen LogP contribution in [0, 0.1) is 11.8 Å². The molecule has 3 nitrogen and oxygen atoms in total. The summed E-state index contributed by atoms with van der Waals surface area (Å²) in [5, 5.41) is 3.58. The van der Waals surface area contributed by atoms with E-state index in [-0.39, 0.29) is 0 Å². The van der Waals surface area contributed by atoms with E-state index in [0.29, 0.717) is 18.1 Å². The van der Waals surface area contributed by atoms with E-state index in [0.717, 1.165) is 32.3 Å². The van der Waals surface area contributed by atoms with Crippen LogP contribution in [0.1, 0.15) is 52.4 Å². The van der Waals surface area contributed by atoms with Gasteiger partial charge in [-0.25, -0.2) is 0 Å². The van der Waals surface area contributed by atoms with Crippen LogP contribution in [0.25, 0.3) is 0 Å². The third kappa shape index (κ3) is 4.73. The summed E-state index contributed by atoms with van der Waals surface area (Å²) in [4.78, 5) is 0. The van der Waals surface area contributed by atoms with Crippen LogP contribution in [0.3, 0.4) is 0 Å². The van der Waals surface area contributed by atoms with Gasteiger partial charge in [0.2, 0.25) is 0 Å². The molecule has 1 saturated carbocycles. The van der Waals surface area contributed by atoms with Gasteiger partial charge in [-0.2, -0.15) is 0 Å². The summed E-state index contributed by atoms with van der Waals surface area (Å²) in [5.74, 6) is 1.54. The molecule has 1 aliphatic heterocycles. The molecule has 1 heterocycles. The molecule has 2 rings (SSSR count). The van der Waals surface area contributed by atoms with Crippen molar-refractivity contribution in [3.05, 3.63) is 0 Å². The molecule has 0 aromatic carbocycles. The number of hydrogen-bond acceptors (Lipinski definition) is 3. The van der Waals surface area contributed by atoms with Crippen LogP contribution in [-0.2, 0) is 9.47 Å². The second-order valence-electron chi connectivity index (χ2n) is 6.18. The molecule has 0 radical (unpaired) electrons. The largest absolute Gasteiger partial charge is 0.381 e. The summed E-state index contributed by atoms with van der Waals surface area (Å²) in [7, 11) is 0. The van der Waals surface area contributed by atoms with Crippen LogP contribution in [0.15, 0.2) is 0 Å². The van der Waals surface area contributed by atoms with Gasteiger partial charge in [-0.1, -0.05) is 33.1 Å². The minimum absolute atomic E-state index is 0.481. The monoisotopic (exact) mass is 269 g/mol. The highest BCUT2D eigenvalue weighted by Gasteiger charge is 2.27. The Morgan fingerprint density at radius 1 is 1.26 bits per heavy atom. The molecule has 0 amide bonds. The van der Waals surface area contributed by atoms with Crippen LogP contribution in [0.2, 0.25) is 0 Å². The molecule has 0 aromatic heterocycles. The molecule has 112 valence electrons. The zero-order chi connectivity index (χ0) is 13.5. The summed E-state index contributed by atoms with van der Waals surface area (Å²) in [6.45, 7) is 8.20. The molecule has 1 N–H and O–H groups in total. The van der Waals surface area contributed by atoms with Crippen molar-refractivity contribution in [3.8, 4) is 0 Å². The van der Waals surface area contributed by atoms with Crippen molar-refractivity contribution in [2.45, 2.75) is 64.5 Å². The average Bonchev–Trinajstić information content (AvgIpc) is 2.97. The lowest BCUT2D eigenvalue weighted by molar-refractivity contribution is -0.00664. The van der Waals surface area contributed by atoms with E-state index in [1.807, 2.05) is 0 Å². The van der Waals surface area contributed by atoms with E-state index in [1.54, 1.807) is 0 Å². The van der Waals surface area contributed by atoms with Crippen molar-refractivity contribution in [3.63, 3.8) is 0 Å². The van der Waals surface area contributed by atoms with Gasteiger partial charge in [0.05, 0.1) is 19.3 Å². The van der Waals surface area contributed by atoms with Crippen LogP contribution < -0.4 is 5.32 Å².